The molecular formula is C36H46F2N2O4. The molecule has 0 spiro atoms. The van der Waals surface area contributed by atoms with Crippen LogP contribution in [-0.2, 0) is 20.7 Å². The molecule has 2 heterocycles. The van der Waals surface area contributed by atoms with Crippen LogP contribution in [0.4, 0.5) is 14.5 Å². The molecule has 1 aromatic heterocycles. The molecular weight excluding hydrogens is 562 g/mol. The van der Waals surface area contributed by atoms with Crippen molar-refractivity contribution in [1.82, 2.24) is 4.98 Å². The lowest BCUT2D eigenvalue weighted by Crippen LogP contribution is -2.39. The molecule has 6 nitrogen and oxygen atoms in total. The normalized spacial score (nSPS) is 15.8. The molecule has 0 N–H and O–H groups in total. The molecule has 4 rings (SSSR count). The molecule has 2 aromatic carbocycles. The number of carbonyl (C=O) groups is 1. The Morgan fingerprint density at radius 2 is 1.68 bits per heavy atom. The van der Waals surface area contributed by atoms with Crippen LogP contribution in [0.1, 0.15) is 84.2 Å². The first-order chi connectivity index (χ1) is 20.6. The van der Waals surface area contributed by atoms with Gasteiger partial charge in [0.2, 0.25) is 0 Å². The van der Waals surface area contributed by atoms with E-state index < -0.39 is 23.5 Å². The second kappa shape index (κ2) is 13.6. The zero-order chi connectivity index (χ0) is 32.2. The van der Waals surface area contributed by atoms with Gasteiger partial charge in [0.1, 0.15) is 17.4 Å². The quantitative estimate of drug-likeness (QED) is 0.216. The van der Waals surface area contributed by atoms with Gasteiger partial charge in [-0.3, -0.25) is 4.98 Å². The van der Waals surface area contributed by atoms with Crippen LogP contribution >= 0.6 is 0 Å². The molecule has 0 amide bonds. The van der Waals surface area contributed by atoms with Crippen LogP contribution in [0.3, 0.4) is 0 Å². The molecule has 0 aliphatic carbocycles. The zero-order valence-electron chi connectivity index (χ0n) is 27.3. The monoisotopic (exact) mass is 608 g/mol. The van der Waals surface area contributed by atoms with Crippen molar-refractivity contribution in [3.8, 4) is 16.9 Å². The van der Waals surface area contributed by atoms with Gasteiger partial charge in [-0.05, 0) is 89.6 Å². The van der Waals surface area contributed by atoms with E-state index in [0.29, 0.717) is 41.2 Å². The minimum atomic E-state index is -1.05. The fourth-order valence-electron chi connectivity index (χ4n) is 5.41. The van der Waals surface area contributed by atoms with Gasteiger partial charge >= 0.3 is 5.97 Å². The van der Waals surface area contributed by atoms with Crippen molar-refractivity contribution in [2.45, 2.75) is 92.5 Å². The van der Waals surface area contributed by atoms with Crippen molar-refractivity contribution in [2.24, 2.45) is 5.41 Å². The summed E-state index contributed by atoms with van der Waals surface area (Å²) < 4.78 is 47.1. The summed E-state index contributed by atoms with van der Waals surface area (Å²) in [7, 11) is 0. The highest BCUT2D eigenvalue weighted by Crippen LogP contribution is 2.44. The standard InChI is InChI=1S/C36H46F2N2O4/c1-23(2)43-34(41)33(44-35(4,5)6)31-24(3)39-22-29(32(31)40-18-16-36(7,8)17-19-40)28-14-13-27(21-30(28)38)42-20-15-25-9-11-26(37)12-10-25/h9-14,21-23,33H,15-20H2,1-8H3/t33-/m0/s1. The molecule has 0 saturated carbocycles. The molecule has 44 heavy (non-hydrogen) atoms. The van der Waals surface area contributed by atoms with Crippen molar-refractivity contribution in [1.29, 1.82) is 0 Å². The Hall–Kier alpha value is -3.52. The predicted octanol–water partition coefficient (Wildman–Crippen LogP) is 8.39. The summed E-state index contributed by atoms with van der Waals surface area (Å²) in [5.41, 5.74) is 3.35. The third-order valence-corrected chi connectivity index (χ3v) is 7.82. The summed E-state index contributed by atoms with van der Waals surface area (Å²) in [6.45, 7) is 17.5. The number of rotatable bonds is 10. The van der Waals surface area contributed by atoms with Gasteiger partial charge in [-0.25, -0.2) is 13.6 Å². The fraction of sp³-hybridized carbons (Fsp3) is 0.500. The van der Waals surface area contributed by atoms with Gasteiger partial charge in [-0.2, -0.15) is 0 Å². The SMILES string of the molecule is Cc1ncc(-c2ccc(OCCc3ccc(F)cc3)cc2F)c(N2CCC(C)(C)CC2)c1[C@H](OC(C)(C)C)C(=O)OC(C)C. The summed E-state index contributed by atoms with van der Waals surface area (Å²) in [6, 6.07) is 11.0. The number of benzene rings is 2. The minimum absolute atomic E-state index is 0.176. The first-order valence-electron chi connectivity index (χ1n) is 15.4. The number of aromatic nitrogens is 1. The van der Waals surface area contributed by atoms with Crippen molar-refractivity contribution in [2.75, 3.05) is 24.6 Å². The summed E-state index contributed by atoms with van der Waals surface area (Å²) >= 11 is 0. The number of carbonyl (C=O) groups excluding carboxylic acids is 1. The lowest BCUT2D eigenvalue weighted by atomic mass is 9.82. The molecule has 3 aromatic rings. The highest BCUT2D eigenvalue weighted by Gasteiger charge is 2.37. The predicted molar refractivity (Wildman–Crippen MR) is 170 cm³/mol. The van der Waals surface area contributed by atoms with E-state index in [1.54, 1.807) is 44.3 Å². The number of ether oxygens (including phenoxy) is 3. The lowest BCUT2D eigenvalue weighted by Gasteiger charge is -2.41. The molecule has 1 aliphatic heterocycles. The zero-order valence-corrected chi connectivity index (χ0v) is 27.3. The van der Waals surface area contributed by atoms with Gasteiger partial charge in [0.15, 0.2) is 6.10 Å². The molecule has 1 atom stereocenters. The van der Waals surface area contributed by atoms with Gasteiger partial charge < -0.3 is 19.1 Å². The number of hydrogen-bond acceptors (Lipinski definition) is 6. The number of esters is 1. The Balaban J connectivity index is 1.75. The van der Waals surface area contributed by atoms with Crippen LogP contribution < -0.4 is 9.64 Å². The van der Waals surface area contributed by atoms with E-state index in [1.807, 2.05) is 27.7 Å². The molecule has 0 unspecified atom stereocenters. The van der Waals surface area contributed by atoms with Crippen molar-refractivity contribution in [3.05, 3.63) is 77.1 Å². The first kappa shape index (κ1) is 33.4. The Bertz CT molecular complexity index is 1440. The molecule has 0 radical (unpaired) electrons. The largest absolute Gasteiger partial charge is 0.493 e. The van der Waals surface area contributed by atoms with Gasteiger partial charge in [0.05, 0.1) is 24.0 Å². The van der Waals surface area contributed by atoms with Gasteiger partial charge in [-0.1, -0.05) is 26.0 Å². The van der Waals surface area contributed by atoms with Crippen molar-refractivity contribution < 1.29 is 27.8 Å². The topological polar surface area (TPSA) is 60.9 Å². The molecule has 0 bridgehead atoms. The van der Waals surface area contributed by atoms with E-state index in [0.717, 1.165) is 37.2 Å². The molecule has 238 valence electrons. The number of piperidine rings is 1. The van der Waals surface area contributed by atoms with E-state index in [4.69, 9.17) is 14.2 Å². The molecule has 1 aliphatic rings. The van der Waals surface area contributed by atoms with Gasteiger partial charge in [-0.15, -0.1) is 0 Å². The Kier molecular flexibility index (Phi) is 10.3. The average Bonchev–Trinajstić information content (AvgIpc) is 2.92. The van der Waals surface area contributed by atoms with Gasteiger partial charge in [0.25, 0.3) is 0 Å². The second-order valence-corrected chi connectivity index (χ2v) is 13.6. The summed E-state index contributed by atoms with van der Waals surface area (Å²) in [6.07, 6.45) is 2.74. The van der Waals surface area contributed by atoms with Crippen LogP contribution in [0.25, 0.3) is 11.1 Å². The number of nitrogens with zero attached hydrogens (tertiary/aromatic N) is 2. The fourth-order valence-corrected chi connectivity index (χ4v) is 5.41. The van der Waals surface area contributed by atoms with E-state index in [-0.39, 0.29) is 17.3 Å². The maximum Gasteiger partial charge on any atom is 0.340 e. The number of anilines is 1. The van der Waals surface area contributed by atoms with E-state index in [2.05, 4.69) is 23.7 Å². The number of halogens is 2. The van der Waals surface area contributed by atoms with Crippen LogP contribution in [0.15, 0.2) is 48.7 Å². The third kappa shape index (κ3) is 8.56. The molecule has 1 saturated heterocycles. The number of aryl methyl sites for hydroxylation is 1. The van der Waals surface area contributed by atoms with E-state index >= 15 is 4.39 Å². The Labute approximate surface area is 260 Å². The minimum Gasteiger partial charge on any atom is -0.493 e. The second-order valence-electron chi connectivity index (χ2n) is 13.6. The van der Waals surface area contributed by atoms with Crippen molar-refractivity contribution in [3.63, 3.8) is 0 Å². The third-order valence-electron chi connectivity index (χ3n) is 7.82. The maximum atomic E-state index is 15.9. The number of pyridine rings is 1. The Morgan fingerprint density at radius 3 is 2.27 bits per heavy atom. The van der Waals surface area contributed by atoms with Crippen molar-refractivity contribution >= 4 is 11.7 Å². The highest BCUT2D eigenvalue weighted by atomic mass is 19.1. The van der Waals surface area contributed by atoms with Crippen LogP contribution in [-0.4, -0.2) is 42.4 Å². The first-order valence-corrected chi connectivity index (χ1v) is 15.4. The maximum absolute atomic E-state index is 15.9. The van der Waals surface area contributed by atoms with Gasteiger partial charge in [0, 0.05) is 54.2 Å². The van der Waals surface area contributed by atoms with Crippen LogP contribution in [0.2, 0.25) is 0 Å². The summed E-state index contributed by atoms with van der Waals surface area (Å²) in [5.74, 6) is -0.857. The average molecular weight is 609 g/mol. The summed E-state index contributed by atoms with van der Waals surface area (Å²) in [5, 5.41) is 0. The number of hydrogen-bond donors (Lipinski definition) is 0. The van der Waals surface area contributed by atoms with E-state index in [9.17, 15) is 9.18 Å². The van der Waals surface area contributed by atoms with E-state index in [1.165, 1.54) is 18.2 Å². The molecule has 1 fully saturated rings. The molecule has 8 heteroatoms. The van der Waals surface area contributed by atoms with Crippen LogP contribution in [0, 0.1) is 24.0 Å². The van der Waals surface area contributed by atoms with Crippen LogP contribution in [0.5, 0.6) is 5.75 Å². The lowest BCUT2D eigenvalue weighted by molar-refractivity contribution is -0.171. The highest BCUT2D eigenvalue weighted by molar-refractivity contribution is 5.87. The Morgan fingerprint density at radius 1 is 1.02 bits per heavy atom. The summed E-state index contributed by atoms with van der Waals surface area (Å²) in [4.78, 5) is 20.5. The smallest absolute Gasteiger partial charge is 0.340 e.